The van der Waals surface area contributed by atoms with Crippen LogP contribution < -0.4 is 10.6 Å². The predicted molar refractivity (Wildman–Crippen MR) is 91.0 cm³/mol. The van der Waals surface area contributed by atoms with Gasteiger partial charge in [0.15, 0.2) is 10.8 Å². The Balaban J connectivity index is 1.61. The zero-order chi connectivity index (χ0) is 18.0. The number of carbonyl (C=O) groups excluding carboxylic acids is 1. The molecule has 0 spiro atoms. The van der Waals surface area contributed by atoms with E-state index in [4.69, 9.17) is 0 Å². The lowest BCUT2D eigenvalue weighted by Crippen LogP contribution is -2.41. The highest BCUT2D eigenvalue weighted by Gasteiger charge is 2.33. The Morgan fingerprint density at radius 2 is 1.96 bits per heavy atom. The average Bonchev–Trinajstić information content (AvgIpc) is 2.99. The fourth-order valence-electron chi connectivity index (χ4n) is 2.47. The fourth-order valence-corrected chi connectivity index (χ4v) is 3.21. The van der Waals surface area contributed by atoms with Crippen LogP contribution in [0.4, 0.5) is 24.0 Å². The van der Waals surface area contributed by atoms with Crippen LogP contribution in [0.5, 0.6) is 0 Å². The van der Waals surface area contributed by atoms with E-state index < -0.39 is 11.9 Å². The summed E-state index contributed by atoms with van der Waals surface area (Å²) < 4.78 is 37.7. The highest BCUT2D eigenvalue weighted by molar-refractivity contribution is 7.13. The van der Waals surface area contributed by atoms with E-state index in [1.54, 1.807) is 24.3 Å². The summed E-state index contributed by atoms with van der Waals surface area (Å²) in [4.78, 5) is 15.7. The van der Waals surface area contributed by atoms with Gasteiger partial charge in [0.2, 0.25) is 5.91 Å². The maximum absolute atomic E-state index is 12.6. The highest BCUT2D eigenvalue weighted by atomic mass is 32.1. The van der Waals surface area contributed by atoms with E-state index in [9.17, 15) is 18.0 Å². The van der Waals surface area contributed by atoms with Gasteiger partial charge in [-0.2, -0.15) is 13.2 Å². The molecule has 0 bridgehead atoms. The Kier molecular flexibility index (Phi) is 4.99. The number of hydrogen-bond acceptors (Lipinski definition) is 4. The standard InChI is InChI=1S/C17H18F3N3OS/c1-10(15(24)21-12-3-2-4-12)11-5-7-13(8-6-11)22-16-23-14(9-25-16)17(18,19)20/h5-10,12H,2-4H2,1H3,(H,21,24)(H,22,23)/t10-/m0/s1. The van der Waals surface area contributed by atoms with E-state index in [1.165, 1.54) is 0 Å². The maximum Gasteiger partial charge on any atom is 0.434 e. The number of nitrogens with one attached hydrogen (secondary N) is 2. The van der Waals surface area contributed by atoms with Crippen LogP contribution in [-0.2, 0) is 11.0 Å². The molecule has 1 aromatic heterocycles. The number of halogens is 3. The van der Waals surface area contributed by atoms with E-state index in [-0.39, 0.29) is 17.0 Å². The van der Waals surface area contributed by atoms with Crippen molar-refractivity contribution >= 4 is 28.1 Å². The summed E-state index contributed by atoms with van der Waals surface area (Å²) >= 11 is 0.896. The molecule has 4 nitrogen and oxygen atoms in total. The molecule has 1 aliphatic rings. The van der Waals surface area contributed by atoms with Crippen LogP contribution in [-0.4, -0.2) is 16.9 Å². The predicted octanol–water partition coefficient (Wildman–Crippen LogP) is 4.68. The van der Waals surface area contributed by atoms with Crippen molar-refractivity contribution < 1.29 is 18.0 Å². The van der Waals surface area contributed by atoms with E-state index in [1.807, 2.05) is 6.92 Å². The number of thiazole rings is 1. The topological polar surface area (TPSA) is 54.0 Å². The molecule has 8 heteroatoms. The molecular weight excluding hydrogens is 351 g/mol. The van der Waals surface area contributed by atoms with Gasteiger partial charge in [-0.1, -0.05) is 12.1 Å². The summed E-state index contributed by atoms with van der Waals surface area (Å²) in [5.41, 5.74) is 0.578. The minimum atomic E-state index is -4.44. The number of aromatic nitrogens is 1. The Hall–Kier alpha value is -2.09. The lowest BCUT2D eigenvalue weighted by atomic mass is 9.91. The normalized spacial score (nSPS) is 16.2. The molecule has 2 aromatic rings. The number of nitrogens with zero attached hydrogens (tertiary/aromatic N) is 1. The van der Waals surface area contributed by atoms with Crippen LogP contribution >= 0.6 is 11.3 Å². The first-order chi connectivity index (χ1) is 11.8. The van der Waals surface area contributed by atoms with Crippen molar-refractivity contribution in [1.29, 1.82) is 0 Å². The second-order valence-corrected chi connectivity index (χ2v) is 7.00. The molecule has 1 atom stereocenters. The van der Waals surface area contributed by atoms with Gasteiger partial charge in [-0.15, -0.1) is 11.3 Å². The number of carbonyl (C=O) groups is 1. The molecule has 1 saturated carbocycles. The molecule has 134 valence electrons. The molecule has 0 aliphatic heterocycles. The van der Waals surface area contributed by atoms with Crippen molar-refractivity contribution in [2.45, 2.75) is 44.3 Å². The zero-order valence-electron chi connectivity index (χ0n) is 13.6. The summed E-state index contributed by atoms with van der Waals surface area (Å²) in [5, 5.41) is 7.02. The monoisotopic (exact) mass is 369 g/mol. The van der Waals surface area contributed by atoms with Gasteiger partial charge in [-0.05, 0) is 43.9 Å². The molecular formula is C17H18F3N3OS. The zero-order valence-corrected chi connectivity index (χ0v) is 14.4. The first-order valence-corrected chi connectivity index (χ1v) is 8.91. The van der Waals surface area contributed by atoms with Gasteiger partial charge < -0.3 is 10.6 Å². The summed E-state index contributed by atoms with van der Waals surface area (Å²) in [6.45, 7) is 1.84. The third-order valence-electron chi connectivity index (χ3n) is 4.30. The second kappa shape index (κ2) is 7.03. The molecule has 1 aliphatic carbocycles. The van der Waals surface area contributed by atoms with Crippen LogP contribution in [0.25, 0.3) is 0 Å². The molecule has 1 amide bonds. The Morgan fingerprint density at radius 3 is 2.48 bits per heavy atom. The molecule has 25 heavy (non-hydrogen) atoms. The van der Waals surface area contributed by atoms with Gasteiger partial charge >= 0.3 is 6.18 Å². The molecule has 1 fully saturated rings. The fraction of sp³-hybridized carbons (Fsp3) is 0.412. The molecule has 2 N–H and O–H groups in total. The van der Waals surface area contributed by atoms with Crippen molar-refractivity contribution in [3.05, 3.63) is 40.9 Å². The van der Waals surface area contributed by atoms with Gasteiger partial charge in [0, 0.05) is 17.1 Å². The van der Waals surface area contributed by atoms with Crippen LogP contribution in [0, 0.1) is 0 Å². The average molecular weight is 369 g/mol. The number of anilines is 2. The van der Waals surface area contributed by atoms with E-state index in [0.717, 1.165) is 41.5 Å². The number of rotatable bonds is 5. The number of alkyl halides is 3. The van der Waals surface area contributed by atoms with Gasteiger partial charge in [0.05, 0.1) is 5.92 Å². The summed E-state index contributed by atoms with van der Waals surface area (Å²) in [6, 6.07) is 7.36. The number of benzene rings is 1. The number of amides is 1. The summed E-state index contributed by atoms with van der Waals surface area (Å²) in [6.07, 6.45) is -1.21. The Labute approximate surface area is 147 Å². The van der Waals surface area contributed by atoms with Crippen molar-refractivity contribution in [3.63, 3.8) is 0 Å². The minimum absolute atomic E-state index is 0.000140. The summed E-state index contributed by atoms with van der Waals surface area (Å²) in [5.74, 6) is -0.272. The third kappa shape index (κ3) is 4.31. The molecule has 3 rings (SSSR count). The Bertz CT molecular complexity index is 738. The quantitative estimate of drug-likeness (QED) is 0.805. The van der Waals surface area contributed by atoms with E-state index in [2.05, 4.69) is 15.6 Å². The molecule has 0 saturated heterocycles. The van der Waals surface area contributed by atoms with Crippen LogP contribution in [0.1, 0.15) is 43.4 Å². The van der Waals surface area contributed by atoms with Gasteiger partial charge in [-0.25, -0.2) is 4.98 Å². The van der Waals surface area contributed by atoms with Crippen molar-refractivity contribution in [3.8, 4) is 0 Å². The van der Waals surface area contributed by atoms with Gasteiger partial charge in [-0.3, -0.25) is 4.79 Å². The smallest absolute Gasteiger partial charge is 0.353 e. The van der Waals surface area contributed by atoms with E-state index in [0.29, 0.717) is 11.7 Å². The maximum atomic E-state index is 12.6. The van der Waals surface area contributed by atoms with Crippen molar-refractivity contribution in [2.75, 3.05) is 5.32 Å². The third-order valence-corrected chi connectivity index (χ3v) is 5.06. The Morgan fingerprint density at radius 1 is 1.28 bits per heavy atom. The first-order valence-electron chi connectivity index (χ1n) is 8.03. The summed E-state index contributed by atoms with van der Waals surface area (Å²) in [7, 11) is 0. The first kappa shape index (κ1) is 17.7. The lowest BCUT2D eigenvalue weighted by Gasteiger charge is -2.27. The minimum Gasteiger partial charge on any atom is -0.353 e. The van der Waals surface area contributed by atoms with Crippen LogP contribution in [0.15, 0.2) is 29.6 Å². The van der Waals surface area contributed by atoms with Crippen molar-refractivity contribution in [2.24, 2.45) is 0 Å². The number of hydrogen-bond donors (Lipinski definition) is 2. The molecule has 1 heterocycles. The lowest BCUT2D eigenvalue weighted by molar-refractivity contribution is -0.140. The van der Waals surface area contributed by atoms with Gasteiger partial charge in [0.25, 0.3) is 0 Å². The van der Waals surface area contributed by atoms with Crippen LogP contribution in [0.3, 0.4) is 0 Å². The van der Waals surface area contributed by atoms with Crippen molar-refractivity contribution in [1.82, 2.24) is 10.3 Å². The largest absolute Gasteiger partial charge is 0.434 e. The SMILES string of the molecule is C[C@H](C(=O)NC1CCC1)c1ccc(Nc2nc(C(F)(F)F)cs2)cc1. The van der Waals surface area contributed by atoms with E-state index >= 15 is 0 Å². The van der Waals surface area contributed by atoms with Crippen LogP contribution in [0.2, 0.25) is 0 Å². The second-order valence-electron chi connectivity index (χ2n) is 6.14. The molecule has 0 unspecified atom stereocenters. The van der Waals surface area contributed by atoms with Gasteiger partial charge in [0.1, 0.15) is 0 Å². The molecule has 0 radical (unpaired) electrons. The highest BCUT2D eigenvalue weighted by Crippen LogP contribution is 2.32. The molecule has 1 aromatic carbocycles.